The van der Waals surface area contributed by atoms with E-state index in [9.17, 15) is 5.11 Å². The van der Waals surface area contributed by atoms with Crippen LogP contribution in [0.25, 0.3) is 0 Å². The molecule has 0 saturated heterocycles. The van der Waals surface area contributed by atoms with Crippen LogP contribution >= 0.6 is 0 Å². The Morgan fingerprint density at radius 2 is 1.64 bits per heavy atom. The summed E-state index contributed by atoms with van der Waals surface area (Å²) in [5, 5.41) is 9.69. The van der Waals surface area contributed by atoms with Crippen LogP contribution in [0.2, 0.25) is 0 Å². The van der Waals surface area contributed by atoms with Gasteiger partial charge in [0.15, 0.2) is 0 Å². The summed E-state index contributed by atoms with van der Waals surface area (Å²) < 4.78 is 0.904. The Kier molecular flexibility index (Phi) is 2.55. The van der Waals surface area contributed by atoms with E-state index in [0.717, 1.165) is 10.9 Å². The SMILES string of the molecule is C[N+](C)(C)[C@H]1CCCC[C@@H]1O. The first-order valence-corrected chi connectivity index (χ1v) is 4.51. The van der Waals surface area contributed by atoms with Crippen LogP contribution in [0.3, 0.4) is 0 Å². The van der Waals surface area contributed by atoms with Crippen LogP contribution in [0.4, 0.5) is 0 Å². The second-order valence-electron chi connectivity index (χ2n) is 4.54. The van der Waals surface area contributed by atoms with Crippen molar-refractivity contribution in [3.63, 3.8) is 0 Å². The molecule has 0 heterocycles. The van der Waals surface area contributed by atoms with E-state index in [1.165, 1.54) is 19.3 Å². The number of nitrogens with zero attached hydrogens (tertiary/aromatic N) is 1. The molecule has 1 saturated carbocycles. The standard InChI is InChI=1S/C9H20NO/c1-10(2,3)8-6-4-5-7-9(8)11/h8-9,11H,4-7H2,1-3H3/q+1/t8-,9-/m0/s1. The molecule has 0 bridgehead atoms. The molecule has 0 aromatic rings. The lowest BCUT2D eigenvalue weighted by atomic mass is 9.91. The highest BCUT2D eigenvalue weighted by atomic mass is 16.3. The maximum Gasteiger partial charge on any atom is 0.115 e. The highest BCUT2D eigenvalue weighted by molar-refractivity contribution is 4.74. The van der Waals surface area contributed by atoms with E-state index in [2.05, 4.69) is 21.1 Å². The van der Waals surface area contributed by atoms with Gasteiger partial charge in [0, 0.05) is 6.42 Å². The zero-order valence-electron chi connectivity index (χ0n) is 7.88. The Hall–Kier alpha value is -0.0800. The Balaban J connectivity index is 2.55. The highest BCUT2D eigenvalue weighted by Crippen LogP contribution is 2.24. The van der Waals surface area contributed by atoms with Crippen molar-refractivity contribution >= 4 is 0 Å². The van der Waals surface area contributed by atoms with Gasteiger partial charge in [-0.2, -0.15) is 0 Å². The largest absolute Gasteiger partial charge is 0.387 e. The minimum Gasteiger partial charge on any atom is -0.387 e. The molecule has 0 spiro atoms. The smallest absolute Gasteiger partial charge is 0.115 e. The summed E-state index contributed by atoms with van der Waals surface area (Å²) in [6.07, 6.45) is 4.61. The van der Waals surface area contributed by atoms with Gasteiger partial charge in [-0.05, 0) is 12.8 Å². The molecule has 2 atom stereocenters. The van der Waals surface area contributed by atoms with E-state index in [1.54, 1.807) is 0 Å². The summed E-state index contributed by atoms with van der Waals surface area (Å²) in [5.41, 5.74) is 0. The fourth-order valence-corrected chi connectivity index (χ4v) is 2.00. The summed E-state index contributed by atoms with van der Waals surface area (Å²) in [5.74, 6) is 0. The molecule has 0 unspecified atom stereocenters. The molecule has 0 radical (unpaired) electrons. The molecule has 11 heavy (non-hydrogen) atoms. The van der Waals surface area contributed by atoms with Crippen molar-refractivity contribution in [2.45, 2.75) is 37.8 Å². The second-order valence-corrected chi connectivity index (χ2v) is 4.54. The van der Waals surface area contributed by atoms with Gasteiger partial charge in [0.05, 0.1) is 21.1 Å². The maximum absolute atomic E-state index is 9.69. The summed E-state index contributed by atoms with van der Waals surface area (Å²) in [7, 11) is 6.50. The van der Waals surface area contributed by atoms with E-state index < -0.39 is 0 Å². The van der Waals surface area contributed by atoms with Crippen LogP contribution in [-0.2, 0) is 0 Å². The lowest BCUT2D eigenvalue weighted by Crippen LogP contribution is -2.52. The topological polar surface area (TPSA) is 20.2 Å². The molecular formula is C9H20NO+. The lowest BCUT2D eigenvalue weighted by molar-refractivity contribution is -0.901. The first-order chi connectivity index (χ1) is 5.02. The number of aliphatic hydroxyl groups excluding tert-OH is 1. The first-order valence-electron chi connectivity index (χ1n) is 4.51. The van der Waals surface area contributed by atoms with E-state index in [-0.39, 0.29) is 6.10 Å². The number of aliphatic hydroxyl groups is 1. The minimum absolute atomic E-state index is 0.0660. The van der Waals surface area contributed by atoms with Crippen molar-refractivity contribution in [3.8, 4) is 0 Å². The predicted molar refractivity (Wildman–Crippen MR) is 46.3 cm³/mol. The second kappa shape index (κ2) is 3.11. The van der Waals surface area contributed by atoms with Gasteiger partial charge in [0.1, 0.15) is 12.1 Å². The van der Waals surface area contributed by atoms with Crippen molar-refractivity contribution in [3.05, 3.63) is 0 Å². The summed E-state index contributed by atoms with van der Waals surface area (Å²) in [6.45, 7) is 0. The Bertz CT molecular complexity index is 128. The summed E-state index contributed by atoms with van der Waals surface area (Å²) in [6, 6.07) is 0.462. The molecule has 1 aliphatic rings. The lowest BCUT2D eigenvalue weighted by Gasteiger charge is -2.39. The van der Waals surface area contributed by atoms with Gasteiger partial charge in [-0.1, -0.05) is 6.42 Å². The van der Waals surface area contributed by atoms with Gasteiger partial charge in [0.2, 0.25) is 0 Å². The summed E-state index contributed by atoms with van der Waals surface area (Å²) >= 11 is 0. The third-order valence-corrected chi connectivity index (χ3v) is 2.69. The van der Waals surface area contributed by atoms with E-state index in [1.807, 2.05) is 0 Å². The van der Waals surface area contributed by atoms with Crippen LogP contribution in [0, 0.1) is 0 Å². The molecule has 1 rings (SSSR count). The van der Waals surface area contributed by atoms with E-state index >= 15 is 0 Å². The Morgan fingerprint density at radius 1 is 1.09 bits per heavy atom. The van der Waals surface area contributed by atoms with E-state index in [4.69, 9.17) is 0 Å². The summed E-state index contributed by atoms with van der Waals surface area (Å²) in [4.78, 5) is 0. The highest BCUT2D eigenvalue weighted by Gasteiger charge is 2.33. The zero-order chi connectivity index (χ0) is 8.48. The van der Waals surface area contributed by atoms with Crippen molar-refractivity contribution in [1.82, 2.24) is 0 Å². The van der Waals surface area contributed by atoms with Crippen LogP contribution < -0.4 is 0 Å². The molecule has 0 aromatic carbocycles. The van der Waals surface area contributed by atoms with Crippen molar-refractivity contribution in [1.29, 1.82) is 0 Å². The van der Waals surface area contributed by atoms with Crippen LogP contribution in [0.5, 0.6) is 0 Å². The van der Waals surface area contributed by atoms with Gasteiger partial charge in [-0.25, -0.2) is 0 Å². The third kappa shape index (κ3) is 2.17. The fraction of sp³-hybridized carbons (Fsp3) is 1.00. The maximum atomic E-state index is 9.69. The molecule has 1 aliphatic carbocycles. The Labute approximate surface area is 69.4 Å². The van der Waals surface area contributed by atoms with Gasteiger partial charge < -0.3 is 9.59 Å². The van der Waals surface area contributed by atoms with Crippen molar-refractivity contribution < 1.29 is 9.59 Å². The molecule has 0 amide bonds. The number of likely N-dealkylation sites (N-methyl/N-ethyl adjacent to an activating group) is 1. The monoisotopic (exact) mass is 158 g/mol. The molecule has 2 heteroatoms. The molecule has 1 fully saturated rings. The predicted octanol–water partition coefficient (Wildman–Crippen LogP) is 0.996. The average Bonchev–Trinajstić information content (AvgIpc) is 1.86. The number of quaternary nitrogens is 1. The van der Waals surface area contributed by atoms with Crippen molar-refractivity contribution in [2.24, 2.45) is 0 Å². The van der Waals surface area contributed by atoms with Gasteiger partial charge in [-0.15, -0.1) is 0 Å². The van der Waals surface area contributed by atoms with Gasteiger partial charge >= 0.3 is 0 Å². The number of hydrogen-bond donors (Lipinski definition) is 1. The normalized spacial score (nSPS) is 33.8. The fourth-order valence-electron chi connectivity index (χ4n) is 2.00. The molecule has 2 nitrogen and oxygen atoms in total. The number of hydrogen-bond acceptors (Lipinski definition) is 1. The van der Waals surface area contributed by atoms with Crippen LogP contribution in [-0.4, -0.2) is 42.9 Å². The van der Waals surface area contributed by atoms with Gasteiger partial charge in [-0.3, -0.25) is 0 Å². The van der Waals surface area contributed by atoms with Crippen LogP contribution in [0.1, 0.15) is 25.7 Å². The minimum atomic E-state index is -0.0660. The Morgan fingerprint density at radius 3 is 2.00 bits per heavy atom. The quantitative estimate of drug-likeness (QED) is 0.564. The first kappa shape index (κ1) is 9.01. The van der Waals surface area contributed by atoms with Gasteiger partial charge in [0.25, 0.3) is 0 Å². The van der Waals surface area contributed by atoms with Crippen molar-refractivity contribution in [2.75, 3.05) is 21.1 Å². The van der Waals surface area contributed by atoms with E-state index in [0.29, 0.717) is 6.04 Å². The van der Waals surface area contributed by atoms with Crippen LogP contribution in [0.15, 0.2) is 0 Å². The third-order valence-electron chi connectivity index (χ3n) is 2.69. The molecule has 1 N–H and O–H groups in total. The molecular weight excluding hydrogens is 138 g/mol. The molecule has 0 aliphatic heterocycles. The number of rotatable bonds is 1. The average molecular weight is 158 g/mol. The zero-order valence-corrected chi connectivity index (χ0v) is 7.88. The molecule has 66 valence electrons. The molecule has 0 aromatic heterocycles.